The molecule has 8 aromatic rings. The fourth-order valence-electron chi connectivity index (χ4n) is 6.63. The normalized spacial score (nSPS) is 10.8. The molecule has 0 unspecified atom stereocenters. The number of nitro benzene ring substituents is 8. The number of hydrogen-bond acceptors (Lipinski definition) is 30. The number of carbonyl (C=O) groups excluding carboxylic acids is 6. The summed E-state index contributed by atoms with van der Waals surface area (Å²) in [6.07, 6.45) is 0. The van der Waals surface area contributed by atoms with E-state index >= 15 is 0 Å². The predicted octanol–water partition coefficient (Wildman–Crippen LogP) is -2.18. The maximum atomic E-state index is 11.6. The van der Waals surface area contributed by atoms with Crippen molar-refractivity contribution in [2.45, 2.75) is 22.3 Å². The molecule has 5 aromatic carbocycles. The van der Waals surface area contributed by atoms with Crippen LogP contribution in [0.1, 0.15) is 22.3 Å². The van der Waals surface area contributed by atoms with Crippen LogP contribution in [0.15, 0.2) is 48.5 Å². The maximum absolute atomic E-state index is 11.6. The first-order valence-electron chi connectivity index (χ1n) is 18.8. The van der Waals surface area contributed by atoms with E-state index in [1.54, 1.807) is 0 Å². The van der Waals surface area contributed by atoms with Crippen molar-refractivity contribution in [3.8, 4) is 0 Å². The SMILES string of the molecule is C.C.C.Nc1cc([N+](=O)[O-])c([N+](=O)[O-])cc1N.O.O.O.O.O.O.O.O.O=C1C(=O)C(=O)C(=O)C(=O)C1=O.O=[N+]([O-])c1cc2nc3c4nc5cc([N+](=O)[O-])c([N+](=O)[O-])cc5nc4c4nc5cc([N+](=O)[O-])c([N+](=O)[O-])cc5nc4c3nc2cc1[N+](=O)[O-]. The van der Waals surface area contributed by atoms with Gasteiger partial charge in [-0.2, -0.15) is 0 Å². The average Bonchev–Trinajstić information content (AvgIpc) is 3.34. The highest BCUT2D eigenvalue weighted by Gasteiger charge is 2.47. The Balaban J connectivity index is -0.000000486. The molecule has 456 valence electrons. The lowest BCUT2D eigenvalue weighted by Gasteiger charge is -2.10. The van der Waals surface area contributed by atoms with Crippen molar-refractivity contribution in [1.29, 1.82) is 0 Å². The van der Waals surface area contributed by atoms with E-state index in [-0.39, 0.29) is 144 Å². The predicted molar refractivity (Wildman–Crippen MR) is 286 cm³/mol. The molecule has 0 bridgehead atoms. The molecular formula is C39H40N16O30. The molecule has 3 heterocycles. The minimum atomic E-state index is -1.73. The van der Waals surface area contributed by atoms with Crippen molar-refractivity contribution in [2.75, 3.05) is 11.5 Å². The third kappa shape index (κ3) is 14.2. The van der Waals surface area contributed by atoms with Gasteiger partial charge in [0.15, 0.2) is 0 Å². The standard InChI is InChI=1S/C24H6N12O12.C6H6N4O4.C6O6.3CH4.8H2O/c37-31(38)13-1-7-8(2-14(13)32(39)40)26-20-19(25-7)21-23(29-10-4-16(34(43)44)15(33(41)42)3-9(10)27-21)24-22(20)28-11-5-17(35(45)46)18(36(47)48)6-12(11)30-24;7-3-1-5(9(11)12)6(10(13)14)2-4(3)8;7-1-2(8)4(10)6(12)5(11)3(1)9;;;;;;;;;;;/h1-6H;1-2H,7-8H2;;3*1H4;8*1H2. The van der Waals surface area contributed by atoms with Crippen LogP contribution in [0.4, 0.5) is 56.9 Å². The Bertz CT molecular complexity index is 3510. The number of nitro groups is 8. The Morgan fingerprint density at radius 3 is 0.459 bits per heavy atom. The molecule has 0 aliphatic heterocycles. The zero-order chi connectivity index (χ0) is 54.7. The molecule has 1 fully saturated rings. The zero-order valence-corrected chi connectivity index (χ0v) is 39.0. The average molecular weight is 1210 g/mol. The number of rotatable bonds is 8. The summed E-state index contributed by atoms with van der Waals surface area (Å²) in [5.74, 6) is -10.4. The number of nitrogens with two attached hydrogens (primary N) is 2. The van der Waals surface area contributed by atoms with E-state index in [1.807, 2.05) is 0 Å². The smallest absolute Gasteiger partial charge is 0.348 e. The minimum absolute atomic E-state index is 0. The van der Waals surface area contributed by atoms with Gasteiger partial charge >= 0.3 is 45.5 Å². The van der Waals surface area contributed by atoms with Crippen LogP contribution in [-0.4, -0.2) is 148 Å². The Hall–Kier alpha value is -12.6. The van der Waals surface area contributed by atoms with Crippen LogP contribution in [0.25, 0.3) is 66.2 Å². The number of fused-ring (bicyclic) bond motifs is 9. The molecule has 3 aromatic heterocycles. The quantitative estimate of drug-likeness (QED) is 0.0408. The largest absolute Gasteiger partial charge is 0.412 e. The molecule has 1 aliphatic carbocycles. The Morgan fingerprint density at radius 2 is 0.353 bits per heavy atom. The van der Waals surface area contributed by atoms with Gasteiger partial charge in [0.25, 0.3) is 34.7 Å². The zero-order valence-electron chi connectivity index (χ0n) is 39.0. The Morgan fingerprint density at radius 1 is 0.247 bits per heavy atom. The topological polar surface area (TPSA) is 829 Å². The molecule has 1 aliphatic rings. The van der Waals surface area contributed by atoms with Crippen LogP contribution in [-0.2, 0) is 28.8 Å². The molecule has 0 saturated heterocycles. The number of ketones is 6. The van der Waals surface area contributed by atoms with Crippen molar-refractivity contribution in [2.24, 2.45) is 0 Å². The van der Waals surface area contributed by atoms with Crippen LogP contribution in [0.2, 0.25) is 0 Å². The highest BCUT2D eigenvalue weighted by Crippen LogP contribution is 2.39. The number of Topliss-reactive ketones (excluding diaryl/α,β-unsaturated/α-hetero) is 6. The van der Waals surface area contributed by atoms with Crippen LogP contribution in [0, 0.1) is 80.9 Å². The number of benzene rings is 5. The summed E-state index contributed by atoms with van der Waals surface area (Å²) in [6, 6.07) is 6.45. The summed E-state index contributed by atoms with van der Waals surface area (Å²) in [4.78, 5) is 171. The van der Waals surface area contributed by atoms with Crippen LogP contribution < -0.4 is 11.5 Å². The molecule has 0 radical (unpaired) electrons. The second kappa shape index (κ2) is 29.6. The second-order valence-electron chi connectivity index (χ2n) is 14.3. The van der Waals surface area contributed by atoms with Gasteiger partial charge in [-0.3, -0.25) is 110 Å². The summed E-state index contributed by atoms with van der Waals surface area (Å²) in [5.41, 5.74) is 0.842. The van der Waals surface area contributed by atoms with Crippen molar-refractivity contribution in [3.05, 3.63) is 129 Å². The third-order valence-electron chi connectivity index (χ3n) is 9.95. The molecule has 20 N–H and O–H groups in total. The number of hydrogen-bond donors (Lipinski definition) is 2. The van der Waals surface area contributed by atoms with Crippen molar-refractivity contribution >= 4 is 158 Å². The summed E-state index contributed by atoms with van der Waals surface area (Å²) in [5, 5.41) is 90.5. The van der Waals surface area contributed by atoms with E-state index in [9.17, 15) is 110 Å². The lowest BCUT2D eigenvalue weighted by atomic mass is 9.93. The van der Waals surface area contributed by atoms with Crippen molar-refractivity contribution in [3.63, 3.8) is 0 Å². The van der Waals surface area contributed by atoms with Gasteiger partial charge in [-0.05, 0) is 0 Å². The number of carbonyl (C=O) groups is 6. The van der Waals surface area contributed by atoms with Gasteiger partial charge in [0.2, 0.25) is 0 Å². The monoisotopic (exact) mass is 1210 g/mol. The molecule has 46 nitrogen and oxygen atoms in total. The molecule has 85 heavy (non-hydrogen) atoms. The molecular weight excluding hydrogens is 1170 g/mol. The van der Waals surface area contributed by atoms with E-state index in [2.05, 4.69) is 29.9 Å². The number of anilines is 2. The number of nitrogen functional groups attached to an aromatic ring is 2. The summed E-state index contributed by atoms with van der Waals surface area (Å²) in [6.45, 7) is 0. The number of nitrogens with zero attached hydrogens (tertiary/aromatic N) is 14. The molecule has 0 spiro atoms. The van der Waals surface area contributed by atoms with Crippen molar-refractivity contribution in [1.82, 2.24) is 29.9 Å². The summed E-state index contributed by atoms with van der Waals surface area (Å²) >= 11 is 0. The fourth-order valence-corrected chi connectivity index (χ4v) is 6.63. The van der Waals surface area contributed by atoms with E-state index in [1.165, 1.54) is 0 Å². The van der Waals surface area contributed by atoms with E-state index in [0.717, 1.165) is 48.5 Å². The van der Waals surface area contributed by atoms with E-state index < -0.39 is 120 Å². The summed E-state index contributed by atoms with van der Waals surface area (Å²) in [7, 11) is 0. The second-order valence-corrected chi connectivity index (χ2v) is 14.3. The summed E-state index contributed by atoms with van der Waals surface area (Å²) < 4.78 is 0. The first-order chi connectivity index (χ1) is 34.6. The molecule has 1 saturated carbocycles. The van der Waals surface area contributed by atoms with E-state index in [4.69, 9.17) is 11.5 Å². The van der Waals surface area contributed by atoms with Gasteiger partial charge < -0.3 is 55.3 Å². The lowest BCUT2D eigenvalue weighted by Crippen LogP contribution is -2.49. The van der Waals surface area contributed by atoms with Gasteiger partial charge in [-0.15, -0.1) is 0 Å². The molecule has 0 atom stereocenters. The number of aromatic nitrogens is 6. The molecule has 46 heteroatoms. The first-order valence-corrected chi connectivity index (χ1v) is 18.8. The fraction of sp³-hybridized carbons (Fsp3) is 0.0769. The van der Waals surface area contributed by atoms with Gasteiger partial charge in [0.1, 0.15) is 33.1 Å². The lowest BCUT2D eigenvalue weighted by molar-refractivity contribution is -0.422. The van der Waals surface area contributed by atoms with Gasteiger partial charge in [0, 0.05) is 12.1 Å². The van der Waals surface area contributed by atoms with Gasteiger partial charge in [-0.25, -0.2) is 29.9 Å². The minimum Gasteiger partial charge on any atom is -0.412 e. The van der Waals surface area contributed by atoms with Gasteiger partial charge in [0.05, 0.1) is 120 Å². The third-order valence-corrected chi connectivity index (χ3v) is 9.95. The maximum Gasteiger partial charge on any atom is 0.348 e. The molecule has 9 rings (SSSR count). The highest BCUT2D eigenvalue weighted by atomic mass is 16.7. The highest BCUT2D eigenvalue weighted by molar-refractivity contribution is 7.08. The first kappa shape index (κ1) is 81.2. The van der Waals surface area contributed by atoms with E-state index in [0.29, 0.717) is 0 Å². The van der Waals surface area contributed by atoms with Crippen LogP contribution >= 0.6 is 0 Å². The Labute approximate surface area is 462 Å². The Kier molecular flexibility index (Phi) is 28.3. The van der Waals surface area contributed by atoms with Crippen LogP contribution in [0.3, 0.4) is 0 Å². The molecule has 0 amide bonds. The van der Waals surface area contributed by atoms with Crippen molar-refractivity contribution < 1.29 is 112 Å². The van der Waals surface area contributed by atoms with Gasteiger partial charge in [-0.1, -0.05) is 22.3 Å². The van der Waals surface area contributed by atoms with Crippen LogP contribution in [0.5, 0.6) is 0 Å².